The SMILES string of the molecule is CNC(C)(CO)CN(C)c1cccc(C)c1. The number of aryl methyl sites for hydroxylation is 1. The lowest BCUT2D eigenvalue weighted by molar-refractivity contribution is 0.187. The Bertz CT molecular complexity index is 334. The zero-order valence-corrected chi connectivity index (χ0v) is 10.6. The van der Waals surface area contributed by atoms with Gasteiger partial charge in [0.15, 0.2) is 0 Å². The van der Waals surface area contributed by atoms with Gasteiger partial charge >= 0.3 is 0 Å². The molecular weight excluding hydrogens is 200 g/mol. The number of likely N-dealkylation sites (N-methyl/N-ethyl adjacent to an activating group) is 2. The summed E-state index contributed by atoms with van der Waals surface area (Å²) < 4.78 is 0. The number of aliphatic hydroxyl groups excluding tert-OH is 1. The third-order valence-electron chi connectivity index (χ3n) is 2.98. The molecule has 0 aliphatic carbocycles. The predicted octanol–water partition coefficient (Wildman–Crippen LogP) is 1.40. The first kappa shape index (κ1) is 13.0. The molecule has 1 rings (SSSR count). The van der Waals surface area contributed by atoms with Crippen LogP contribution >= 0.6 is 0 Å². The minimum absolute atomic E-state index is 0.125. The number of hydrogen-bond donors (Lipinski definition) is 2. The molecule has 16 heavy (non-hydrogen) atoms. The summed E-state index contributed by atoms with van der Waals surface area (Å²) in [5.74, 6) is 0. The van der Waals surface area contributed by atoms with Crippen LogP contribution in [0.15, 0.2) is 24.3 Å². The van der Waals surface area contributed by atoms with Crippen LogP contribution in [0.3, 0.4) is 0 Å². The van der Waals surface area contributed by atoms with Crippen molar-refractivity contribution in [2.45, 2.75) is 19.4 Å². The molecule has 0 amide bonds. The third kappa shape index (κ3) is 3.22. The molecule has 0 saturated carbocycles. The molecule has 0 aromatic heterocycles. The fourth-order valence-corrected chi connectivity index (χ4v) is 1.69. The van der Waals surface area contributed by atoms with Crippen LogP contribution in [-0.4, -0.2) is 37.9 Å². The van der Waals surface area contributed by atoms with Gasteiger partial charge < -0.3 is 15.3 Å². The van der Waals surface area contributed by atoms with E-state index >= 15 is 0 Å². The van der Waals surface area contributed by atoms with Crippen LogP contribution in [0, 0.1) is 6.92 Å². The van der Waals surface area contributed by atoms with Crippen molar-refractivity contribution < 1.29 is 5.11 Å². The van der Waals surface area contributed by atoms with Gasteiger partial charge in [-0.05, 0) is 38.6 Å². The van der Waals surface area contributed by atoms with Crippen molar-refractivity contribution >= 4 is 5.69 Å². The van der Waals surface area contributed by atoms with E-state index in [2.05, 4.69) is 41.4 Å². The fraction of sp³-hybridized carbons (Fsp3) is 0.538. The van der Waals surface area contributed by atoms with Crippen molar-refractivity contribution in [3.8, 4) is 0 Å². The Morgan fingerprint density at radius 3 is 2.62 bits per heavy atom. The van der Waals surface area contributed by atoms with E-state index in [1.807, 2.05) is 21.0 Å². The normalized spacial score (nSPS) is 14.6. The van der Waals surface area contributed by atoms with Crippen molar-refractivity contribution in [2.24, 2.45) is 0 Å². The topological polar surface area (TPSA) is 35.5 Å². The van der Waals surface area contributed by atoms with E-state index in [-0.39, 0.29) is 12.1 Å². The summed E-state index contributed by atoms with van der Waals surface area (Å²) in [5.41, 5.74) is 2.16. The Morgan fingerprint density at radius 2 is 2.12 bits per heavy atom. The van der Waals surface area contributed by atoms with Crippen molar-refractivity contribution in [3.63, 3.8) is 0 Å². The summed E-state index contributed by atoms with van der Waals surface area (Å²) in [4.78, 5) is 2.15. The maximum atomic E-state index is 9.35. The van der Waals surface area contributed by atoms with Gasteiger partial charge in [-0.25, -0.2) is 0 Å². The second kappa shape index (κ2) is 5.32. The fourth-order valence-electron chi connectivity index (χ4n) is 1.69. The van der Waals surface area contributed by atoms with Crippen LogP contribution < -0.4 is 10.2 Å². The maximum Gasteiger partial charge on any atom is 0.0627 e. The minimum atomic E-state index is -0.265. The number of nitrogens with zero attached hydrogens (tertiary/aromatic N) is 1. The van der Waals surface area contributed by atoms with Gasteiger partial charge in [0.1, 0.15) is 0 Å². The van der Waals surface area contributed by atoms with Crippen LogP contribution in [0.1, 0.15) is 12.5 Å². The number of rotatable bonds is 5. The van der Waals surface area contributed by atoms with E-state index in [0.717, 1.165) is 6.54 Å². The quantitative estimate of drug-likeness (QED) is 0.790. The van der Waals surface area contributed by atoms with E-state index in [1.165, 1.54) is 11.3 Å². The molecule has 0 heterocycles. The zero-order chi connectivity index (χ0) is 12.2. The highest BCUT2D eigenvalue weighted by atomic mass is 16.3. The lowest BCUT2D eigenvalue weighted by Gasteiger charge is -2.33. The molecule has 1 atom stereocenters. The number of aliphatic hydroxyl groups is 1. The average Bonchev–Trinajstić information content (AvgIpc) is 2.29. The summed E-state index contributed by atoms with van der Waals surface area (Å²) in [6, 6.07) is 8.37. The number of anilines is 1. The Balaban J connectivity index is 2.75. The molecular formula is C13H22N2O. The average molecular weight is 222 g/mol. The number of nitrogens with one attached hydrogen (secondary N) is 1. The smallest absolute Gasteiger partial charge is 0.0627 e. The molecule has 0 aliphatic heterocycles. The van der Waals surface area contributed by atoms with Crippen LogP contribution in [0.5, 0.6) is 0 Å². The summed E-state index contributed by atoms with van der Waals surface area (Å²) in [6.45, 7) is 4.99. The lowest BCUT2D eigenvalue weighted by atomic mass is 10.0. The van der Waals surface area contributed by atoms with Crippen molar-refractivity contribution in [1.82, 2.24) is 5.32 Å². The first-order valence-corrected chi connectivity index (χ1v) is 5.58. The first-order chi connectivity index (χ1) is 7.50. The highest BCUT2D eigenvalue weighted by Gasteiger charge is 2.22. The van der Waals surface area contributed by atoms with E-state index in [4.69, 9.17) is 0 Å². The Hall–Kier alpha value is -1.06. The van der Waals surface area contributed by atoms with Gasteiger partial charge in [-0.2, -0.15) is 0 Å². The maximum absolute atomic E-state index is 9.35. The largest absolute Gasteiger partial charge is 0.394 e. The van der Waals surface area contributed by atoms with Crippen LogP contribution in [0.4, 0.5) is 5.69 Å². The molecule has 3 heteroatoms. The highest BCUT2D eigenvalue weighted by Crippen LogP contribution is 2.16. The molecule has 0 aliphatic rings. The molecule has 0 fully saturated rings. The van der Waals surface area contributed by atoms with E-state index in [1.54, 1.807) is 0 Å². The van der Waals surface area contributed by atoms with Gasteiger partial charge in [0.05, 0.1) is 12.1 Å². The number of hydrogen-bond acceptors (Lipinski definition) is 3. The molecule has 0 radical (unpaired) electrons. The van der Waals surface area contributed by atoms with E-state index in [0.29, 0.717) is 0 Å². The van der Waals surface area contributed by atoms with Crippen molar-refractivity contribution in [1.29, 1.82) is 0 Å². The Kier molecular flexibility index (Phi) is 4.33. The van der Waals surface area contributed by atoms with Gasteiger partial charge in [0.2, 0.25) is 0 Å². The van der Waals surface area contributed by atoms with Gasteiger partial charge in [-0.3, -0.25) is 0 Å². The molecule has 1 aromatic rings. The van der Waals surface area contributed by atoms with Crippen molar-refractivity contribution in [3.05, 3.63) is 29.8 Å². The summed E-state index contributed by atoms with van der Waals surface area (Å²) >= 11 is 0. The summed E-state index contributed by atoms with van der Waals surface area (Å²) in [7, 11) is 3.92. The first-order valence-electron chi connectivity index (χ1n) is 5.58. The van der Waals surface area contributed by atoms with Gasteiger partial charge in [-0.15, -0.1) is 0 Å². The highest BCUT2D eigenvalue weighted by molar-refractivity contribution is 5.48. The predicted molar refractivity (Wildman–Crippen MR) is 69.0 cm³/mol. The van der Waals surface area contributed by atoms with E-state index in [9.17, 15) is 5.11 Å². The Labute approximate surface area is 98.1 Å². The van der Waals surface area contributed by atoms with Gasteiger partial charge in [0, 0.05) is 19.3 Å². The molecule has 0 bridgehead atoms. The molecule has 3 nitrogen and oxygen atoms in total. The lowest BCUT2D eigenvalue weighted by Crippen LogP contribution is -2.51. The monoisotopic (exact) mass is 222 g/mol. The van der Waals surface area contributed by atoms with Gasteiger partial charge in [0.25, 0.3) is 0 Å². The van der Waals surface area contributed by atoms with E-state index < -0.39 is 0 Å². The Morgan fingerprint density at radius 1 is 1.44 bits per heavy atom. The van der Waals surface area contributed by atoms with Crippen LogP contribution in [-0.2, 0) is 0 Å². The standard InChI is InChI=1S/C13H22N2O/c1-11-6-5-7-12(8-11)15(4)9-13(2,10-16)14-3/h5-8,14,16H,9-10H2,1-4H3. The summed E-state index contributed by atoms with van der Waals surface area (Å²) in [6.07, 6.45) is 0. The third-order valence-corrected chi connectivity index (χ3v) is 2.98. The molecule has 0 spiro atoms. The molecule has 2 N–H and O–H groups in total. The minimum Gasteiger partial charge on any atom is -0.394 e. The summed E-state index contributed by atoms with van der Waals surface area (Å²) in [5, 5.41) is 12.5. The second-order valence-electron chi connectivity index (χ2n) is 4.66. The van der Waals surface area contributed by atoms with Crippen LogP contribution in [0.2, 0.25) is 0 Å². The van der Waals surface area contributed by atoms with Crippen LogP contribution in [0.25, 0.3) is 0 Å². The number of benzene rings is 1. The second-order valence-corrected chi connectivity index (χ2v) is 4.66. The molecule has 90 valence electrons. The zero-order valence-electron chi connectivity index (χ0n) is 10.6. The van der Waals surface area contributed by atoms with Crippen molar-refractivity contribution in [2.75, 3.05) is 32.1 Å². The molecule has 1 unspecified atom stereocenters. The van der Waals surface area contributed by atoms with Gasteiger partial charge in [-0.1, -0.05) is 12.1 Å². The molecule has 0 saturated heterocycles. The molecule has 1 aromatic carbocycles.